The molecule has 3 nitrogen and oxygen atoms in total. The molecule has 2 rings (SSSR count). The van der Waals surface area contributed by atoms with Crippen LogP contribution in [0.4, 0.5) is 0 Å². The predicted octanol–water partition coefficient (Wildman–Crippen LogP) is 4.08. The number of rotatable bonds is 6. The van der Waals surface area contributed by atoms with Crippen LogP contribution in [-0.2, 0) is 6.54 Å². The molecule has 5 heteroatoms. The summed E-state index contributed by atoms with van der Waals surface area (Å²) < 4.78 is 2.88. The van der Waals surface area contributed by atoms with Crippen LogP contribution >= 0.6 is 23.8 Å². The van der Waals surface area contributed by atoms with Gasteiger partial charge in [0.2, 0.25) is 0 Å². The Labute approximate surface area is 124 Å². The van der Waals surface area contributed by atoms with Crippen LogP contribution in [0.2, 0.25) is 5.02 Å². The third kappa shape index (κ3) is 3.19. The summed E-state index contributed by atoms with van der Waals surface area (Å²) in [6.07, 6.45) is 1.18. The minimum Gasteiger partial charge on any atom is -0.329 e. The van der Waals surface area contributed by atoms with E-state index in [1.54, 1.807) is 0 Å². The van der Waals surface area contributed by atoms with Crippen LogP contribution in [0.1, 0.15) is 20.3 Å². The fraction of sp³-hybridized carbons (Fsp3) is 0.500. The molecule has 0 spiro atoms. The molecule has 2 aromatic rings. The lowest BCUT2D eigenvalue weighted by Gasteiger charge is -2.19. The first-order chi connectivity index (χ1) is 9.17. The summed E-state index contributed by atoms with van der Waals surface area (Å²) in [6, 6.07) is 5.91. The van der Waals surface area contributed by atoms with Crippen LogP contribution in [0, 0.1) is 4.77 Å². The fourth-order valence-electron chi connectivity index (χ4n) is 2.35. The minimum atomic E-state index is 0.725. The second-order valence-corrected chi connectivity index (χ2v) is 5.44. The maximum atomic E-state index is 6.18. The molecule has 0 unspecified atom stereocenters. The maximum Gasteiger partial charge on any atom is 0.178 e. The van der Waals surface area contributed by atoms with Gasteiger partial charge in [-0.25, -0.2) is 0 Å². The normalized spacial score (nSPS) is 11.6. The third-order valence-corrected chi connectivity index (χ3v) is 4.02. The smallest absolute Gasteiger partial charge is 0.178 e. The molecular formula is C14H20ClN3S. The largest absolute Gasteiger partial charge is 0.329 e. The lowest BCUT2D eigenvalue weighted by atomic mass is 10.3. The zero-order valence-corrected chi connectivity index (χ0v) is 13.0. The number of nitrogens with one attached hydrogen (secondary N) is 1. The molecule has 1 aromatic carbocycles. The van der Waals surface area contributed by atoms with Crippen molar-refractivity contribution >= 4 is 34.9 Å². The number of H-pyrrole nitrogens is 1. The van der Waals surface area contributed by atoms with Gasteiger partial charge in [-0.3, -0.25) is 0 Å². The summed E-state index contributed by atoms with van der Waals surface area (Å²) in [6.45, 7) is 8.52. The Morgan fingerprint density at radius 1 is 1.32 bits per heavy atom. The second kappa shape index (κ2) is 6.55. The summed E-state index contributed by atoms with van der Waals surface area (Å²) in [7, 11) is 0. The molecular weight excluding hydrogens is 278 g/mol. The van der Waals surface area contributed by atoms with E-state index >= 15 is 0 Å². The van der Waals surface area contributed by atoms with E-state index in [1.807, 2.05) is 12.1 Å². The number of aromatic nitrogens is 2. The molecule has 19 heavy (non-hydrogen) atoms. The van der Waals surface area contributed by atoms with Crippen LogP contribution in [0.15, 0.2) is 18.2 Å². The summed E-state index contributed by atoms with van der Waals surface area (Å²) in [5.41, 5.74) is 2.03. The first-order valence-electron chi connectivity index (χ1n) is 6.76. The Morgan fingerprint density at radius 3 is 2.79 bits per heavy atom. The SMILES string of the molecule is CCCN(CC)CCn1c(=S)[nH]c2c(Cl)cccc21. The van der Waals surface area contributed by atoms with Crippen molar-refractivity contribution in [3.8, 4) is 0 Å². The van der Waals surface area contributed by atoms with E-state index in [1.165, 1.54) is 6.42 Å². The highest BCUT2D eigenvalue weighted by atomic mass is 35.5. The highest BCUT2D eigenvalue weighted by Crippen LogP contribution is 2.22. The van der Waals surface area contributed by atoms with Gasteiger partial charge in [0, 0.05) is 13.1 Å². The molecule has 0 aliphatic carbocycles. The molecule has 0 aliphatic heterocycles. The van der Waals surface area contributed by atoms with Crippen molar-refractivity contribution in [2.75, 3.05) is 19.6 Å². The standard InChI is InChI=1S/C14H20ClN3S/c1-3-8-17(4-2)9-10-18-12-7-5-6-11(15)13(12)16-14(18)19/h5-7H,3-4,8-10H2,1-2H3,(H,16,19). The number of para-hydroxylation sites is 1. The first kappa shape index (κ1) is 14.6. The van der Waals surface area contributed by atoms with E-state index in [0.29, 0.717) is 0 Å². The van der Waals surface area contributed by atoms with Crippen molar-refractivity contribution in [2.24, 2.45) is 0 Å². The van der Waals surface area contributed by atoms with E-state index in [2.05, 4.69) is 34.4 Å². The molecule has 1 aromatic heterocycles. The van der Waals surface area contributed by atoms with Crippen molar-refractivity contribution in [1.82, 2.24) is 14.5 Å². The van der Waals surface area contributed by atoms with Crippen molar-refractivity contribution in [3.05, 3.63) is 28.0 Å². The molecule has 104 valence electrons. The van der Waals surface area contributed by atoms with Crippen molar-refractivity contribution in [3.63, 3.8) is 0 Å². The van der Waals surface area contributed by atoms with E-state index in [0.717, 1.165) is 47.0 Å². The number of imidazole rings is 1. The molecule has 0 amide bonds. The Kier molecular flexibility index (Phi) is 5.02. The molecule has 1 N–H and O–H groups in total. The second-order valence-electron chi connectivity index (χ2n) is 4.65. The topological polar surface area (TPSA) is 24.0 Å². The van der Waals surface area contributed by atoms with Crippen molar-refractivity contribution in [2.45, 2.75) is 26.8 Å². The number of nitrogens with zero attached hydrogens (tertiary/aromatic N) is 2. The fourth-order valence-corrected chi connectivity index (χ4v) is 2.86. The van der Waals surface area contributed by atoms with E-state index in [9.17, 15) is 0 Å². The van der Waals surface area contributed by atoms with Gasteiger partial charge in [-0.2, -0.15) is 0 Å². The van der Waals surface area contributed by atoms with Gasteiger partial charge in [0.05, 0.1) is 16.1 Å². The summed E-state index contributed by atoms with van der Waals surface area (Å²) in [5.74, 6) is 0. The van der Waals surface area contributed by atoms with Gasteiger partial charge in [0.15, 0.2) is 4.77 Å². The van der Waals surface area contributed by atoms with Gasteiger partial charge in [0.25, 0.3) is 0 Å². The van der Waals surface area contributed by atoms with E-state index < -0.39 is 0 Å². The minimum absolute atomic E-state index is 0.725. The monoisotopic (exact) mass is 297 g/mol. The van der Waals surface area contributed by atoms with Gasteiger partial charge < -0.3 is 14.5 Å². The Balaban J connectivity index is 2.23. The van der Waals surface area contributed by atoms with Gasteiger partial charge in [-0.15, -0.1) is 0 Å². The quantitative estimate of drug-likeness (QED) is 0.812. The Hall–Kier alpha value is -0.840. The van der Waals surface area contributed by atoms with Crippen LogP contribution in [0.25, 0.3) is 11.0 Å². The third-order valence-electron chi connectivity index (χ3n) is 3.39. The number of halogens is 1. The van der Waals surface area contributed by atoms with Crippen molar-refractivity contribution < 1.29 is 0 Å². The maximum absolute atomic E-state index is 6.18. The number of likely N-dealkylation sites (N-methyl/N-ethyl adjacent to an activating group) is 1. The van der Waals surface area contributed by atoms with Crippen LogP contribution in [-0.4, -0.2) is 34.1 Å². The molecule has 0 saturated carbocycles. The Bertz CT molecular complexity index is 602. The van der Waals surface area contributed by atoms with E-state index in [-0.39, 0.29) is 0 Å². The van der Waals surface area contributed by atoms with Crippen LogP contribution in [0.5, 0.6) is 0 Å². The summed E-state index contributed by atoms with van der Waals surface area (Å²) in [5, 5.41) is 0.725. The van der Waals surface area contributed by atoms with Crippen LogP contribution < -0.4 is 0 Å². The Morgan fingerprint density at radius 2 is 2.11 bits per heavy atom. The molecule has 0 bridgehead atoms. The van der Waals surface area contributed by atoms with Crippen molar-refractivity contribution in [1.29, 1.82) is 0 Å². The molecule has 0 aliphatic rings. The van der Waals surface area contributed by atoms with Gasteiger partial charge in [0.1, 0.15) is 0 Å². The number of hydrogen-bond acceptors (Lipinski definition) is 2. The molecule has 0 saturated heterocycles. The van der Waals surface area contributed by atoms with Crippen LogP contribution in [0.3, 0.4) is 0 Å². The van der Waals surface area contributed by atoms with Gasteiger partial charge in [-0.1, -0.05) is 31.5 Å². The zero-order chi connectivity index (χ0) is 13.8. The first-order valence-corrected chi connectivity index (χ1v) is 7.55. The van der Waals surface area contributed by atoms with Gasteiger partial charge >= 0.3 is 0 Å². The highest BCUT2D eigenvalue weighted by Gasteiger charge is 2.08. The average Bonchev–Trinajstić information content (AvgIpc) is 2.72. The average molecular weight is 298 g/mol. The zero-order valence-electron chi connectivity index (χ0n) is 11.4. The number of fused-ring (bicyclic) bond motifs is 1. The highest BCUT2D eigenvalue weighted by molar-refractivity contribution is 7.71. The van der Waals surface area contributed by atoms with E-state index in [4.69, 9.17) is 23.8 Å². The number of hydrogen-bond donors (Lipinski definition) is 1. The number of aromatic amines is 1. The summed E-state index contributed by atoms with van der Waals surface area (Å²) >= 11 is 11.6. The lowest BCUT2D eigenvalue weighted by Crippen LogP contribution is -2.28. The summed E-state index contributed by atoms with van der Waals surface area (Å²) in [4.78, 5) is 5.63. The molecule has 0 fully saturated rings. The molecule has 0 atom stereocenters. The molecule has 1 heterocycles. The molecule has 0 radical (unpaired) electrons. The predicted molar refractivity (Wildman–Crippen MR) is 84.5 cm³/mol. The number of benzene rings is 1. The lowest BCUT2D eigenvalue weighted by molar-refractivity contribution is 0.277. The van der Waals surface area contributed by atoms with Gasteiger partial charge in [-0.05, 0) is 43.9 Å².